The van der Waals surface area contributed by atoms with Crippen LogP contribution in [-0.4, -0.2) is 23.4 Å². The third-order valence-corrected chi connectivity index (χ3v) is 2.63. The third kappa shape index (κ3) is 3.58. The summed E-state index contributed by atoms with van der Waals surface area (Å²) >= 11 is 0. The Labute approximate surface area is 96.3 Å². The van der Waals surface area contributed by atoms with Gasteiger partial charge >= 0.3 is 0 Å². The Morgan fingerprint density at radius 2 is 2.44 bits per heavy atom. The second-order valence-electron chi connectivity index (χ2n) is 4.04. The van der Waals surface area contributed by atoms with Crippen LogP contribution in [0.1, 0.15) is 39.0 Å². The van der Waals surface area contributed by atoms with Gasteiger partial charge in [0, 0.05) is 25.3 Å². The molecule has 1 aliphatic rings. The summed E-state index contributed by atoms with van der Waals surface area (Å²) in [4.78, 5) is 23.1. The molecule has 4 nitrogen and oxygen atoms in total. The smallest absolute Gasteiger partial charge is 0.242 e. The van der Waals surface area contributed by atoms with E-state index in [0.29, 0.717) is 19.4 Å². The van der Waals surface area contributed by atoms with Crippen LogP contribution >= 0.6 is 0 Å². The molecule has 0 aromatic heterocycles. The Balaban J connectivity index is 2.51. The van der Waals surface area contributed by atoms with Crippen LogP contribution in [0.25, 0.3) is 0 Å². The van der Waals surface area contributed by atoms with E-state index in [4.69, 9.17) is 6.42 Å². The maximum atomic E-state index is 11.7. The molecule has 1 fully saturated rings. The van der Waals surface area contributed by atoms with Crippen molar-refractivity contribution in [3.63, 3.8) is 0 Å². The van der Waals surface area contributed by atoms with E-state index in [9.17, 15) is 9.59 Å². The number of rotatable bonds is 3. The van der Waals surface area contributed by atoms with Gasteiger partial charge in [-0.3, -0.25) is 20.0 Å². The number of carbonyl (C=O) groups is 2. The Morgan fingerprint density at radius 3 is 3.06 bits per heavy atom. The number of nitrogens with one attached hydrogen (secondary N) is 1. The zero-order valence-electron chi connectivity index (χ0n) is 9.66. The molecule has 0 aromatic carbocycles. The predicted molar refractivity (Wildman–Crippen MR) is 60.9 cm³/mol. The van der Waals surface area contributed by atoms with Gasteiger partial charge in [0.15, 0.2) is 0 Å². The third-order valence-electron chi connectivity index (χ3n) is 2.63. The number of terminal acetylenes is 1. The summed E-state index contributed by atoms with van der Waals surface area (Å²) in [7, 11) is 0. The van der Waals surface area contributed by atoms with E-state index < -0.39 is 0 Å². The van der Waals surface area contributed by atoms with Crippen LogP contribution in [0.5, 0.6) is 0 Å². The molecule has 16 heavy (non-hydrogen) atoms. The van der Waals surface area contributed by atoms with E-state index in [-0.39, 0.29) is 17.7 Å². The summed E-state index contributed by atoms with van der Waals surface area (Å²) in [6.07, 6.45) is 8.57. The lowest BCUT2D eigenvalue weighted by Crippen LogP contribution is -2.46. The molecule has 1 atom stereocenters. The van der Waals surface area contributed by atoms with E-state index in [0.717, 1.165) is 19.3 Å². The van der Waals surface area contributed by atoms with E-state index in [1.165, 1.54) is 5.01 Å². The molecule has 88 valence electrons. The minimum atomic E-state index is -0.102. The fraction of sp³-hybridized carbons (Fsp3) is 0.667. The van der Waals surface area contributed by atoms with Crippen LogP contribution in [0.3, 0.4) is 0 Å². The van der Waals surface area contributed by atoms with E-state index >= 15 is 0 Å². The van der Waals surface area contributed by atoms with Crippen molar-refractivity contribution in [2.24, 2.45) is 5.92 Å². The summed E-state index contributed by atoms with van der Waals surface area (Å²) in [5.41, 5.74) is 2.63. The maximum absolute atomic E-state index is 11.7. The number of hydrazine groups is 1. The van der Waals surface area contributed by atoms with Crippen molar-refractivity contribution in [1.82, 2.24) is 10.4 Å². The van der Waals surface area contributed by atoms with Crippen LogP contribution < -0.4 is 5.43 Å². The highest BCUT2D eigenvalue weighted by atomic mass is 16.2. The number of carbonyl (C=O) groups excluding carboxylic acids is 2. The van der Waals surface area contributed by atoms with Gasteiger partial charge in [-0.05, 0) is 19.3 Å². The minimum absolute atomic E-state index is 0.0144. The van der Waals surface area contributed by atoms with E-state index in [2.05, 4.69) is 11.3 Å². The highest BCUT2D eigenvalue weighted by Crippen LogP contribution is 2.16. The highest BCUT2D eigenvalue weighted by Gasteiger charge is 2.23. The molecule has 1 aliphatic heterocycles. The number of hydrogen-bond acceptors (Lipinski definition) is 2. The average Bonchev–Trinajstić information content (AvgIpc) is 2.42. The zero-order valence-corrected chi connectivity index (χ0v) is 9.66. The van der Waals surface area contributed by atoms with Crippen molar-refractivity contribution >= 4 is 11.8 Å². The van der Waals surface area contributed by atoms with Crippen LogP contribution in [0.2, 0.25) is 0 Å². The van der Waals surface area contributed by atoms with Crippen molar-refractivity contribution in [2.45, 2.75) is 39.0 Å². The van der Waals surface area contributed by atoms with Gasteiger partial charge in [-0.15, -0.1) is 12.3 Å². The molecule has 1 unspecified atom stereocenters. The standard InChI is InChI=1S/C12H18N2O2/c1-3-6-11(15)13-14-8-5-7-10(4-2)9-12(14)16/h2,10H,3,5-9H2,1H3,(H,13,15). The fourth-order valence-electron chi connectivity index (χ4n) is 1.74. The first-order valence-corrected chi connectivity index (χ1v) is 5.73. The molecule has 1 rings (SSSR count). The van der Waals surface area contributed by atoms with Crippen molar-refractivity contribution in [1.29, 1.82) is 0 Å². The first-order chi connectivity index (χ1) is 7.67. The second kappa shape index (κ2) is 6.16. The summed E-state index contributed by atoms with van der Waals surface area (Å²) in [5.74, 6) is 2.45. The lowest BCUT2D eigenvalue weighted by molar-refractivity contribution is -0.141. The van der Waals surface area contributed by atoms with Crippen LogP contribution in [0.15, 0.2) is 0 Å². The normalized spacial score (nSPS) is 21.1. The average molecular weight is 222 g/mol. The van der Waals surface area contributed by atoms with Gasteiger partial charge in [0.05, 0.1) is 0 Å². The number of hydrogen-bond donors (Lipinski definition) is 1. The van der Waals surface area contributed by atoms with Crippen LogP contribution in [0.4, 0.5) is 0 Å². The zero-order chi connectivity index (χ0) is 12.0. The summed E-state index contributed by atoms with van der Waals surface area (Å²) < 4.78 is 0. The molecular weight excluding hydrogens is 204 g/mol. The Hall–Kier alpha value is -1.50. The van der Waals surface area contributed by atoms with Crippen molar-refractivity contribution in [3.8, 4) is 12.3 Å². The van der Waals surface area contributed by atoms with Crippen molar-refractivity contribution in [3.05, 3.63) is 0 Å². The minimum Gasteiger partial charge on any atom is -0.273 e. The molecule has 1 N–H and O–H groups in total. The Morgan fingerprint density at radius 1 is 1.69 bits per heavy atom. The van der Waals surface area contributed by atoms with Gasteiger partial charge in [0.2, 0.25) is 11.8 Å². The summed E-state index contributed by atoms with van der Waals surface area (Å²) in [6.45, 7) is 2.49. The largest absolute Gasteiger partial charge is 0.273 e. The fourth-order valence-corrected chi connectivity index (χ4v) is 1.74. The number of amides is 2. The lowest BCUT2D eigenvalue weighted by atomic mass is 10.0. The lowest BCUT2D eigenvalue weighted by Gasteiger charge is -2.21. The Bertz CT molecular complexity index is 307. The van der Waals surface area contributed by atoms with Gasteiger partial charge in [-0.2, -0.15) is 0 Å². The van der Waals surface area contributed by atoms with Gasteiger partial charge in [-0.1, -0.05) is 6.92 Å². The molecule has 4 heteroatoms. The number of nitrogens with zero attached hydrogens (tertiary/aromatic N) is 1. The van der Waals surface area contributed by atoms with Crippen LogP contribution in [-0.2, 0) is 9.59 Å². The summed E-state index contributed by atoms with van der Waals surface area (Å²) in [6, 6.07) is 0. The van der Waals surface area contributed by atoms with Gasteiger partial charge in [0.1, 0.15) is 0 Å². The van der Waals surface area contributed by atoms with E-state index in [1.54, 1.807) is 0 Å². The quantitative estimate of drug-likeness (QED) is 0.726. The molecule has 0 spiro atoms. The van der Waals surface area contributed by atoms with Gasteiger partial charge in [0.25, 0.3) is 0 Å². The molecule has 0 aromatic rings. The molecule has 1 heterocycles. The first-order valence-electron chi connectivity index (χ1n) is 5.73. The molecule has 0 radical (unpaired) electrons. The molecule has 0 saturated carbocycles. The molecule has 2 amide bonds. The van der Waals surface area contributed by atoms with Gasteiger partial charge in [-0.25, -0.2) is 0 Å². The van der Waals surface area contributed by atoms with Crippen molar-refractivity contribution in [2.75, 3.05) is 6.54 Å². The molecular formula is C12H18N2O2. The first kappa shape index (κ1) is 12.6. The van der Waals surface area contributed by atoms with E-state index in [1.807, 2.05) is 6.92 Å². The molecule has 0 aliphatic carbocycles. The SMILES string of the molecule is C#CC1CCCN(NC(=O)CCC)C(=O)C1. The topological polar surface area (TPSA) is 49.4 Å². The predicted octanol–water partition coefficient (Wildman–Crippen LogP) is 1.08. The second-order valence-corrected chi connectivity index (χ2v) is 4.04. The Kier molecular flexibility index (Phi) is 4.84. The summed E-state index contributed by atoms with van der Waals surface area (Å²) in [5, 5.41) is 1.41. The molecule has 1 saturated heterocycles. The monoisotopic (exact) mass is 222 g/mol. The van der Waals surface area contributed by atoms with Gasteiger partial charge < -0.3 is 0 Å². The maximum Gasteiger partial charge on any atom is 0.242 e. The van der Waals surface area contributed by atoms with Crippen LogP contribution in [0, 0.1) is 18.3 Å². The highest BCUT2D eigenvalue weighted by molar-refractivity contribution is 5.82. The molecule has 0 bridgehead atoms. The van der Waals surface area contributed by atoms with Crippen molar-refractivity contribution < 1.29 is 9.59 Å².